The number of ether oxygens (including phenoxy) is 2. The van der Waals surface area contributed by atoms with Gasteiger partial charge in [-0.1, -0.05) is 18.2 Å². The number of nitrogens with one attached hydrogen (secondary N) is 2. The number of amides is 1. The van der Waals surface area contributed by atoms with Crippen LogP contribution < -0.4 is 20.1 Å². The predicted molar refractivity (Wildman–Crippen MR) is 99.3 cm³/mol. The van der Waals surface area contributed by atoms with Gasteiger partial charge in [-0.15, -0.1) is 10.2 Å². The molecule has 2 N–H and O–H groups in total. The third-order valence-corrected chi connectivity index (χ3v) is 3.58. The highest BCUT2D eigenvalue weighted by molar-refractivity contribution is 6.03. The molecular formula is C19H18N4O3. The van der Waals surface area contributed by atoms with E-state index < -0.39 is 0 Å². The molecule has 0 saturated carbocycles. The Morgan fingerprint density at radius 2 is 1.62 bits per heavy atom. The topological polar surface area (TPSA) is 85.4 Å². The van der Waals surface area contributed by atoms with Crippen molar-refractivity contribution in [3.8, 4) is 11.5 Å². The molecule has 132 valence electrons. The molecule has 1 aromatic heterocycles. The Labute approximate surface area is 151 Å². The van der Waals surface area contributed by atoms with Crippen LogP contribution in [0.3, 0.4) is 0 Å². The van der Waals surface area contributed by atoms with E-state index in [0.29, 0.717) is 23.0 Å². The number of para-hydroxylation sites is 1. The van der Waals surface area contributed by atoms with Crippen LogP contribution >= 0.6 is 0 Å². The minimum Gasteiger partial charge on any atom is -0.493 e. The van der Waals surface area contributed by atoms with Gasteiger partial charge in [-0.05, 0) is 36.4 Å². The molecule has 1 amide bonds. The summed E-state index contributed by atoms with van der Waals surface area (Å²) in [5.74, 6) is 1.30. The molecule has 3 rings (SSSR count). The fourth-order valence-corrected chi connectivity index (χ4v) is 2.30. The third-order valence-electron chi connectivity index (χ3n) is 3.58. The molecule has 0 aliphatic heterocycles. The molecule has 0 atom stereocenters. The molecule has 0 unspecified atom stereocenters. The normalized spacial score (nSPS) is 10.1. The van der Waals surface area contributed by atoms with Crippen molar-refractivity contribution in [1.29, 1.82) is 0 Å². The number of hydrogen-bond donors (Lipinski definition) is 2. The zero-order valence-corrected chi connectivity index (χ0v) is 14.4. The lowest BCUT2D eigenvalue weighted by molar-refractivity contribution is 0.102. The molecule has 3 aromatic rings. The van der Waals surface area contributed by atoms with E-state index in [-0.39, 0.29) is 11.6 Å². The van der Waals surface area contributed by atoms with Crippen LogP contribution in [0.2, 0.25) is 0 Å². The van der Waals surface area contributed by atoms with Gasteiger partial charge < -0.3 is 20.1 Å². The van der Waals surface area contributed by atoms with Gasteiger partial charge in [0.15, 0.2) is 23.0 Å². The van der Waals surface area contributed by atoms with Crippen LogP contribution in [0.25, 0.3) is 0 Å². The quantitative estimate of drug-likeness (QED) is 0.708. The summed E-state index contributed by atoms with van der Waals surface area (Å²) in [6.07, 6.45) is 0. The number of methoxy groups -OCH3 is 2. The number of hydrogen-bond acceptors (Lipinski definition) is 6. The summed E-state index contributed by atoms with van der Waals surface area (Å²) >= 11 is 0. The van der Waals surface area contributed by atoms with E-state index in [9.17, 15) is 4.79 Å². The van der Waals surface area contributed by atoms with Gasteiger partial charge in [0.05, 0.1) is 14.2 Å². The van der Waals surface area contributed by atoms with Gasteiger partial charge >= 0.3 is 0 Å². The van der Waals surface area contributed by atoms with Crippen molar-refractivity contribution in [3.05, 3.63) is 66.4 Å². The first kappa shape index (κ1) is 17.2. The lowest BCUT2D eigenvalue weighted by Gasteiger charge is -2.10. The monoisotopic (exact) mass is 350 g/mol. The molecule has 0 spiro atoms. The molecular weight excluding hydrogens is 332 g/mol. The second-order valence-electron chi connectivity index (χ2n) is 5.32. The molecule has 0 radical (unpaired) electrons. The Kier molecular flexibility index (Phi) is 5.28. The molecule has 0 aliphatic rings. The lowest BCUT2D eigenvalue weighted by Crippen LogP contribution is -2.14. The van der Waals surface area contributed by atoms with E-state index in [4.69, 9.17) is 9.47 Å². The van der Waals surface area contributed by atoms with Crippen molar-refractivity contribution in [2.45, 2.75) is 0 Å². The van der Waals surface area contributed by atoms with Crippen LogP contribution in [-0.4, -0.2) is 30.3 Å². The van der Waals surface area contributed by atoms with Crippen LogP contribution in [0.1, 0.15) is 10.5 Å². The van der Waals surface area contributed by atoms with E-state index in [1.54, 1.807) is 37.4 Å². The maximum atomic E-state index is 12.3. The van der Waals surface area contributed by atoms with Crippen molar-refractivity contribution in [3.63, 3.8) is 0 Å². The van der Waals surface area contributed by atoms with E-state index in [1.165, 1.54) is 7.11 Å². The van der Waals surface area contributed by atoms with Crippen LogP contribution in [0, 0.1) is 0 Å². The first-order valence-corrected chi connectivity index (χ1v) is 7.89. The Hall–Kier alpha value is -3.61. The molecule has 0 aliphatic carbocycles. The summed E-state index contributed by atoms with van der Waals surface area (Å²) < 4.78 is 10.4. The zero-order chi connectivity index (χ0) is 18.4. The van der Waals surface area contributed by atoms with Gasteiger partial charge in [0.25, 0.3) is 5.91 Å². The summed E-state index contributed by atoms with van der Waals surface area (Å²) in [6, 6.07) is 18.0. The van der Waals surface area contributed by atoms with Gasteiger partial charge in [-0.25, -0.2) is 0 Å². The van der Waals surface area contributed by atoms with Gasteiger partial charge in [0.2, 0.25) is 0 Å². The lowest BCUT2D eigenvalue weighted by atomic mass is 10.2. The molecule has 0 fully saturated rings. The fourth-order valence-electron chi connectivity index (χ4n) is 2.30. The second-order valence-corrected chi connectivity index (χ2v) is 5.32. The van der Waals surface area contributed by atoms with Crippen LogP contribution in [-0.2, 0) is 0 Å². The van der Waals surface area contributed by atoms with Crippen LogP contribution in [0.4, 0.5) is 17.2 Å². The van der Waals surface area contributed by atoms with Crippen LogP contribution in [0.15, 0.2) is 60.7 Å². The molecule has 26 heavy (non-hydrogen) atoms. The van der Waals surface area contributed by atoms with Gasteiger partial charge in [0.1, 0.15) is 0 Å². The standard InChI is InChI=1S/C19H18N4O3/c1-25-16-10-8-14(12-17(16)26-2)21-19(24)15-9-11-18(23-22-15)20-13-6-4-3-5-7-13/h3-12H,1-2H3,(H,20,23)(H,21,24). The maximum Gasteiger partial charge on any atom is 0.276 e. The zero-order valence-electron chi connectivity index (χ0n) is 14.4. The summed E-state index contributed by atoms with van der Waals surface area (Å²) in [4.78, 5) is 12.3. The van der Waals surface area contributed by atoms with Crippen molar-refractivity contribution < 1.29 is 14.3 Å². The van der Waals surface area contributed by atoms with E-state index in [0.717, 1.165) is 5.69 Å². The smallest absolute Gasteiger partial charge is 0.276 e. The summed E-state index contributed by atoms with van der Waals surface area (Å²) in [6.45, 7) is 0. The van der Waals surface area contributed by atoms with Gasteiger partial charge in [0, 0.05) is 17.4 Å². The Morgan fingerprint density at radius 1 is 0.846 bits per heavy atom. The highest BCUT2D eigenvalue weighted by Crippen LogP contribution is 2.29. The highest BCUT2D eigenvalue weighted by atomic mass is 16.5. The number of carbonyl (C=O) groups is 1. The van der Waals surface area contributed by atoms with Gasteiger partial charge in [-0.3, -0.25) is 4.79 Å². The SMILES string of the molecule is COc1ccc(NC(=O)c2ccc(Nc3ccccc3)nn2)cc1OC. The molecule has 7 heteroatoms. The third kappa shape index (κ3) is 4.07. The predicted octanol–water partition coefficient (Wildman–Crippen LogP) is 3.49. The Balaban J connectivity index is 1.68. The molecule has 7 nitrogen and oxygen atoms in total. The highest BCUT2D eigenvalue weighted by Gasteiger charge is 2.11. The van der Waals surface area contributed by atoms with Crippen molar-refractivity contribution in [2.24, 2.45) is 0 Å². The number of anilines is 3. The molecule has 1 heterocycles. The minimum atomic E-state index is -0.365. The summed E-state index contributed by atoms with van der Waals surface area (Å²) in [5.41, 5.74) is 1.67. The number of rotatable bonds is 6. The first-order valence-electron chi connectivity index (χ1n) is 7.89. The van der Waals surface area contributed by atoms with E-state index in [1.807, 2.05) is 30.3 Å². The maximum absolute atomic E-state index is 12.3. The van der Waals surface area contributed by atoms with Crippen LogP contribution in [0.5, 0.6) is 11.5 Å². The minimum absolute atomic E-state index is 0.207. The first-order chi connectivity index (χ1) is 12.7. The summed E-state index contributed by atoms with van der Waals surface area (Å²) in [5, 5.41) is 13.9. The molecule has 0 saturated heterocycles. The van der Waals surface area contributed by atoms with Gasteiger partial charge in [-0.2, -0.15) is 0 Å². The molecule has 0 bridgehead atoms. The van der Waals surface area contributed by atoms with Crippen molar-refractivity contribution in [2.75, 3.05) is 24.9 Å². The Bertz CT molecular complexity index is 883. The van der Waals surface area contributed by atoms with Crippen molar-refractivity contribution in [1.82, 2.24) is 10.2 Å². The second kappa shape index (κ2) is 7.98. The van der Waals surface area contributed by atoms with Crippen molar-refractivity contribution >= 4 is 23.1 Å². The number of aromatic nitrogens is 2. The number of carbonyl (C=O) groups excluding carboxylic acids is 1. The number of nitrogens with zero attached hydrogens (tertiary/aromatic N) is 2. The Morgan fingerprint density at radius 3 is 2.27 bits per heavy atom. The average Bonchev–Trinajstić information content (AvgIpc) is 2.69. The van der Waals surface area contributed by atoms with E-state index >= 15 is 0 Å². The fraction of sp³-hybridized carbons (Fsp3) is 0.105. The summed E-state index contributed by atoms with van der Waals surface area (Å²) in [7, 11) is 3.09. The van der Waals surface area contributed by atoms with E-state index in [2.05, 4.69) is 20.8 Å². The average molecular weight is 350 g/mol. The largest absolute Gasteiger partial charge is 0.493 e. The number of benzene rings is 2. The molecule has 2 aromatic carbocycles.